The van der Waals surface area contributed by atoms with Crippen molar-refractivity contribution < 1.29 is 9.47 Å². The number of ether oxygens (including phenoxy) is 2. The van der Waals surface area contributed by atoms with Gasteiger partial charge in [0.1, 0.15) is 18.1 Å². The van der Waals surface area contributed by atoms with Crippen LogP contribution in [0, 0.1) is 0 Å². The van der Waals surface area contributed by atoms with Crippen LogP contribution in [0.2, 0.25) is 0 Å². The van der Waals surface area contributed by atoms with Crippen molar-refractivity contribution in [2.45, 2.75) is 11.9 Å². The fourth-order valence-corrected chi connectivity index (χ4v) is 2.01. The molecule has 2 aromatic rings. The van der Waals surface area contributed by atoms with Crippen molar-refractivity contribution in [3.8, 4) is 11.5 Å². The summed E-state index contributed by atoms with van der Waals surface area (Å²) in [6.07, 6.45) is 0. The summed E-state index contributed by atoms with van der Waals surface area (Å²) in [4.78, 5) is 0. The highest BCUT2D eigenvalue weighted by molar-refractivity contribution is 9.08. The van der Waals surface area contributed by atoms with Crippen LogP contribution in [0.3, 0.4) is 0 Å². The van der Waals surface area contributed by atoms with Crippen molar-refractivity contribution in [3.05, 3.63) is 59.7 Å². The molecule has 94 valence electrons. The largest absolute Gasteiger partial charge is 0.497 e. The predicted octanol–water partition coefficient (Wildman–Crippen LogP) is 4.17. The maximum Gasteiger partial charge on any atom is 0.123 e. The van der Waals surface area contributed by atoms with Gasteiger partial charge in [0.2, 0.25) is 0 Å². The van der Waals surface area contributed by atoms with Crippen LogP contribution in [0.4, 0.5) is 0 Å². The van der Waals surface area contributed by atoms with Gasteiger partial charge in [-0.3, -0.25) is 0 Å². The van der Waals surface area contributed by atoms with Gasteiger partial charge in [0.05, 0.1) is 7.11 Å². The second kappa shape index (κ2) is 6.45. The van der Waals surface area contributed by atoms with E-state index in [2.05, 4.69) is 34.1 Å². The lowest BCUT2D eigenvalue weighted by Gasteiger charge is -2.08. The van der Waals surface area contributed by atoms with E-state index in [0.717, 1.165) is 22.4 Å². The average Bonchev–Trinajstić information content (AvgIpc) is 2.45. The Labute approximate surface area is 116 Å². The Morgan fingerprint density at radius 1 is 0.944 bits per heavy atom. The maximum absolute atomic E-state index is 5.74. The van der Waals surface area contributed by atoms with Crippen molar-refractivity contribution in [1.29, 1.82) is 0 Å². The van der Waals surface area contributed by atoms with Crippen LogP contribution in [0.5, 0.6) is 11.5 Å². The molecule has 0 radical (unpaired) electrons. The van der Waals surface area contributed by atoms with E-state index in [1.54, 1.807) is 7.11 Å². The molecule has 0 saturated heterocycles. The monoisotopic (exact) mass is 306 g/mol. The number of benzene rings is 2. The Kier molecular flexibility index (Phi) is 4.65. The standard InChI is InChI=1S/C15H15BrO2/c1-17-14-6-3-7-15(9-14)18-11-13-5-2-4-12(8-13)10-16/h2-9H,10-11H2,1H3. The summed E-state index contributed by atoms with van der Waals surface area (Å²) in [5.74, 6) is 1.63. The van der Waals surface area contributed by atoms with Crippen LogP contribution < -0.4 is 9.47 Å². The lowest BCUT2D eigenvalue weighted by molar-refractivity contribution is 0.303. The maximum atomic E-state index is 5.74. The summed E-state index contributed by atoms with van der Waals surface area (Å²) in [6, 6.07) is 16.0. The number of rotatable bonds is 5. The number of hydrogen-bond donors (Lipinski definition) is 0. The van der Waals surface area contributed by atoms with Gasteiger partial charge in [0.25, 0.3) is 0 Å². The first-order chi connectivity index (χ1) is 8.81. The third-order valence-corrected chi connectivity index (χ3v) is 3.24. The molecular weight excluding hydrogens is 292 g/mol. The molecule has 0 spiro atoms. The Morgan fingerprint density at radius 2 is 1.67 bits per heavy atom. The van der Waals surface area contributed by atoms with Gasteiger partial charge in [-0.1, -0.05) is 46.3 Å². The molecule has 2 nitrogen and oxygen atoms in total. The Balaban J connectivity index is 2.01. The van der Waals surface area contributed by atoms with Gasteiger partial charge in [-0.25, -0.2) is 0 Å². The highest BCUT2D eigenvalue weighted by Gasteiger charge is 1.99. The molecule has 0 bridgehead atoms. The zero-order valence-corrected chi connectivity index (χ0v) is 11.8. The molecule has 0 fully saturated rings. The highest BCUT2D eigenvalue weighted by atomic mass is 79.9. The first-order valence-electron chi connectivity index (χ1n) is 5.72. The van der Waals surface area contributed by atoms with E-state index in [4.69, 9.17) is 9.47 Å². The third kappa shape index (κ3) is 3.50. The quantitative estimate of drug-likeness (QED) is 0.772. The Morgan fingerprint density at radius 3 is 2.44 bits per heavy atom. The first-order valence-corrected chi connectivity index (χ1v) is 6.84. The van der Waals surface area contributed by atoms with Crippen molar-refractivity contribution in [2.75, 3.05) is 7.11 Å². The molecule has 0 aliphatic carbocycles. The highest BCUT2D eigenvalue weighted by Crippen LogP contribution is 2.20. The van der Waals surface area contributed by atoms with Crippen LogP contribution in [0.1, 0.15) is 11.1 Å². The fraction of sp³-hybridized carbons (Fsp3) is 0.200. The zero-order chi connectivity index (χ0) is 12.8. The van der Waals surface area contributed by atoms with Crippen LogP contribution in [-0.4, -0.2) is 7.11 Å². The summed E-state index contributed by atoms with van der Waals surface area (Å²) < 4.78 is 10.9. The minimum Gasteiger partial charge on any atom is -0.497 e. The summed E-state index contributed by atoms with van der Waals surface area (Å²) in [5.41, 5.74) is 2.41. The van der Waals surface area contributed by atoms with Crippen LogP contribution in [0.15, 0.2) is 48.5 Å². The van der Waals surface area contributed by atoms with Gasteiger partial charge < -0.3 is 9.47 Å². The molecule has 0 unspecified atom stereocenters. The summed E-state index contributed by atoms with van der Waals surface area (Å²) in [7, 11) is 1.65. The van der Waals surface area contributed by atoms with Gasteiger partial charge in [-0.2, -0.15) is 0 Å². The number of halogens is 1. The SMILES string of the molecule is COc1cccc(OCc2cccc(CBr)c2)c1. The third-order valence-electron chi connectivity index (χ3n) is 2.59. The molecule has 0 aromatic heterocycles. The van der Waals surface area contributed by atoms with E-state index in [1.165, 1.54) is 5.56 Å². The van der Waals surface area contributed by atoms with Crippen LogP contribution in [-0.2, 0) is 11.9 Å². The van der Waals surface area contributed by atoms with Crippen LogP contribution >= 0.6 is 15.9 Å². The normalized spacial score (nSPS) is 10.1. The van der Waals surface area contributed by atoms with Gasteiger partial charge in [-0.05, 0) is 23.3 Å². The number of alkyl halides is 1. The van der Waals surface area contributed by atoms with Gasteiger partial charge >= 0.3 is 0 Å². The molecule has 2 aromatic carbocycles. The second-order valence-corrected chi connectivity index (χ2v) is 4.48. The van der Waals surface area contributed by atoms with E-state index in [9.17, 15) is 0 Å². The lowest BCUT2D eigenvalue weighted by Crippen LogP contribution is -1.96. The minimum atomic E-state index is 0.563. The number of hydrogen-bond acceptors (Lipinski definition) is 2. The second-order valence-electron chi connectivity index (χ2n) is 3.92. The van der Waals surface area contributed by atoms with Gasteiger partial charge in [0.15, 0.2) is 0 Å². The molecule has 0 atom stereocenters. The Hall–Kier alpha value is -1.48. The van der Waals surface area contributed by atoms with E-state index in [0.29, 0.717) is 6.61 Å². The van der Waals surface area contributed by atoms with Crippen LogP contribution in [0.25, 0.3) is 0 Å². The molecule has 0 saturated carbocycles. The van der Waals surface area contributed by atoms with E-state index >= 15 is 0 Å². The molecular formula is C15H15BrO2. The molecule has 2 rings (SSSR count). The summed E-state index contributed by atoms with van der Waals surface area (Å²) in [6.45, 7) is 0.563. The van der Waals surface area contributed by atoms with E-state index in [-0.39, 0.29) is 0 Å². The lowest BCUT2D eigenvalue weighted by atomic mass is 10.1. The number of methoxy groups -OCH3 is 1. The van der Waals surface area contributed by atoms with Crippen molar-refractivity contribution >= 4 is 15.9 Å². The molecule has 0 N–H and O–H groups in total. The first kappa shape index (κ1) is 13.0. The summed E-state index contributed by atoms with van der Waals surface area (Å²) in [5, 5.41) is 0.861. The molecule has 0 aliphatic heterocycles. The summed E-state index contributed by atoms with van der Waals surface area (Å²) >= 11 is 3.45. The van der Waals surface area contributed by atoms with Crippen molar-refractivity contribution in [1.82, 2.24) is 0 Å². The van der Waals surface area contributed by atoms with Gasteiger partial charge in [-0.15, -0.1) is 0 Å². The molecule has 18 heavy (non-hydrogen) atoms. The van der Waals surface area contributed by atoms with Gasteiger partial charge in [0, 0.05) is 11.4 Å². The molecule has 0 amide bonds. The molecule has 0 aliphatic rings. The predicted molar refractivity (Wildman–Crippen MR) is 76.4 cm³/mol. The average molecular weight is 307 g/mol. The van der Waals surface area contributed by atoms with E-state index in [1.807, 2.05) is 30.3 Å². The topological polar surface area (TPSA) is 18.5 Å². The minimum absolute atomic E-state index is 0.563. The Bertz CT molecular complexity index is 464. The zero-order valence-electron chi connectivity index (χ0n) is 10.2. The van der Waals surface area contributed by atoms with E-state index < -0.39 is 0 Å². The molecule has 3 heteroatoms. The fourth-order valence-electron chi connectivity index (χ4n) is 1.66. The smallest absolute Gasteiger partial charge is 0.123 e. The van der Waals surface area contributed by atoms with Crippen molar-refractivity contribution in [3.63, 3.8) is 0 Å². The van der Waals surface area contributed by atoms with Crippen molar-refractivity contribution in [2.24, 2.45) is 0 Å². The molecule has 0 heterocycles.